The highest BCUT2D eigenvalue weighted by Crippen LogP contribution is 2.22. The van der Waals surface area contributed by atoms with Crippen molar-refractivity contribution in [1.29, 1.82) is 0 Å². The third-order valence-electron chi connectivity index (χ3n) is 3.81. The maximum Gasteiger partial charge on any atom is 0.314 e. The minimum atomic E-state index is -0.555. The van der Waals surface area contributed by atoms with Crippen LogP contribution in [0.1, 0.15) is 23.2 Å². The predicted octanol–water partition coefficient (Wildman–Crippen LogP) is 0.900. The van der Waals surface area contributed by atoms with Crippen molar-refractivity contribution >= 4 is 29.4 Å². The van der Waals surface area contributed by atoms with Crippen molar-refractivity contribution in [3.63, 3.8) is 0 Å². The monoisotopic (exact) mass is 354 g/mol. The number of halogens is 1. The van der Waals surface area contributed by atoms with Gasteiger partial charge in [0.1, 0.15) is 5.75 Å². The predicted molar refractivity (Wildman–Crippen MR) is 87.5 cm³/mol. The summed E-state index contributed by atoms with van der Waals surface area (Å²) in [5.74, 6) is -1.02. The molecular formula is C15H19ClN4O4. The molecule has 130 valence electrons. The lowest BCUT2D eigenvalue weighted by atomic mass is 9.98. The Balaban J connectivity index is 1.95. The fourth-order valence-corrected chi connectivity index (χ4v) is 2.71. The molecule has 1 atom stereocenters. The molecule has 1 fully saturated rings. The first-order valence-corrected chi connectivity index (χ1v) is 7.78. The number of methoxy groups -OCH3 is 1. The van der Waals surface area contributed by atoms with Gasteiger partial charge in [0.2, 0.25) is 5.91 Å². The number of likely N-dealkylation sites (tertiary alicyclic amines) is 1. The number of primary amides is 1. The molecular weight excluding hydrogens is 336 g/mol. The summed E-state index contributed by atoms with van der Waals surface area (Å²) in [6, 6.07) is 4.04. The highest BCUT2D eigenvalue weighted by atomic mass is 35.5. The largest absolute Gasteiger partial charge is 0.496 e. The van der Waals surface area contributed by atoms with E-state index in [2.05, 4.69) is 10.9 Å². The van der Waals surface area contributed by atoms with Crippen molar-refractivity contribution in [2.75, 3.05) is 20.2 Å². The van der Waals surface area contributed by atoms with Crippen molar-refractivity contribution in [2.45, 2.75) is 12.8 Å². The molecule has 0 saturated carbocycles. The van der Waals surface area contributed by atoms with E-state index in [0.29, 0.717) is 30.2 Å². The van der Waals surface area contributed by atoms with Crippen LogP contribution in [0.5, 0.6) is 5.75 Å². The summed E-state index contributed by atoms with van der Waals surface area (Å²) in [6.45, 7) is 0.767. The van der Waals surface area contributed by atoms with Gasteiger partial charge in [-0.3, -0.25) is 20.4 Å². The summed E-state index contributed by atoms with van der Waals surface area (Å²) in [7, 11) is 1.43. The summed E-state index contributed by atoms with van der Waals surface area (Å²) in [6.07, 6.45) is 1.29. The van der Waals surface area contributed by atoms with E-state index in [4.69, 9.17) is 22.1 Å². The molecule has 4 amide bonds. The molecule has 1 aliphatic heterocycles. The molecule has 1 aromatic rings. The summed E-state index contributed by atoms with van der Waals surface area (Å²) in [5.41, 5.74) is 10.1. The van der Waals surface area contributed by atoms with Crippen LogP contribution in [0.25, 0.3) is 0 Å². The quantitative estimate of drug-likeness (QED) is 0.700. The van der Waals surface area contributed by atoms with E-state index in [1.807, 2.05) is 0 Å². The van der Waals surface area contributed by atoms with Gasteiger partial charge >= 0.3 is 6.03 Å². The normalized spacial score (nSPS) is 17.1. The Hall–Kier alpha value is -2.48. The number of carbonyl (C=O) groups is 3. The summed E-state index contributed by atoms with van der Waals surface area (Å²) >= 11 is 5.88. The van der Waals surface area contributed by atoms with Crippen LogP contribution >= 0.6 is 11.6 Å². The molecule has 0 unspecified atom stereocenters. The van der Waals surface area contributed by atoms with E-state index < -0.39 is 17.9 Å². The topological polar surface area (TPSA) is 114 Å². The smallest absolute Gasteiger partial charge is 0.314 e. The Morgan fingerprint density at radius 2 is 2.08 bits per heavy atom. The molecule has 0 aromatic heterocycles. The number of hydrogen-bond donors (Lipinski definition) is 3. The lowest BCUT2D eigenvalue weighted by Gasteiger charge is -2.30. The molecule has 4 N–H and O–H groups in total. The minimum absolute atomic E-state index is 0.202. The van der Waals surface area contributed by atoms with Gasteiger partial charge < -0.3 is 15.4 Å². The molecule has 0 spiro atoms. The van der Waals surface area contributed by atoms with Crippen molar-refractivity contribution < 1.29 is 19.1 Å². The van der Waals surface area contributed by atoms with Crippen molar-refractivity contribution in [3.05, 3.63) is 28.8 Å². The number of hydrogen-bond acceptors (Lipinski definition) is 4. The first kappa shape index (κ1) is 17.9. The van der Waals surface area contributed by atoms with E-state index in [9.17, 15) is 14.4 Å². The first-order valence-electron chi connectivity index (χ1n) is 7.40. The fourth-order valence-electron chi connectivity index (χ4n) is 2.54. The number of benzene rings is 1. The zero-order valence-electron chi connectivity index (χ0n) is 13.2. The van der Waals surface area contributed by atoms with E-state index in [1.54, 1.807) is 12.1 Å². The number of nitrogens with two attached hydrogens (primary N) is 1. The highest BCUT2D eigenvalue weighted by molar-refractivity contribution is 6.31. The van der Waals surface area contributed by atoms with Gasteiger partial charge in [0, 0.05) is 18.1 Å². The number of nitrogens with one attached hydrogen (secondary N) is 2. The van der Waals surface area contributed by atoms with Crippen LogP contribution < -0.4 is 21.3 Å². The molecule has 1 saturated heterocycles. The molecule has 1 aliphatic rings. The molecule has 0 aliphatic carbocycles. The molecule has 8 nitrogen and oxygen atoms in total. The molecule has 1 aromatic carbocycles. The van der Waals surface area contributed by atoms with Gasteiger partial charge in [0.05, 0.1) is 18.6 Å². The number of nitrogens with zero attached hydrogens (tertiary/aromatic N) is 1. The Morgan fingerprint density at radius 3 is 2.75 bits per heavy atom. The number of hydrazine groups is 1. The van der Waals surface area contributed by atoms with Crippen LogP contribution in [0.15, 0.2) is 18.2 Å². The standard InChI is InChI=1S/C15H19ClN4O4/c1-24-12-5-4-10(16)7-11(12)14(22)19-18-13(21)9-3-2-6-20(8-9)15(17)23/h4-5,7,9H,2-3,6,8H2,1H3,(H2,17,23)(H,18,21)(H,19,22)/t9-/m1/s1. The lowest BCUT2D eigenvalue weighted by Crippen LogP contribution is -2.51. The molecule has 1 heterocycles. The Labute approximate surface area is 144 Å². The zero-order valence-corrected chi connectivity index (χ0v) is 13.9. The van der Waals surface area contributed by atoms with E-state index >= 15 is 0 Å². The SMILES string of the molecule is COc1ccc(Cl)cc1C(=O)NNC(=O)[C@@H]1CCCN(C(N)=O)C1. The van der Waals surface area contributed by atoms with Crippen LogP contribution in [0, 0.1) is 5.92 Å². The first-order chi connectivity index (χ1) is 11.4. The number of rotatable bonds is 3. The van der Waals surface area contributed by atoms with Crippen LogP contribution in [-0.4, -0.2) is 42.9 Å². The van der Waals surface area contributed by atoms with Crippen LogP contribution in [0.2, 0.25) is 5.02 Å². The van der Waals surface area contributed by atoms with Gasteiger partial charge in [-0.25, -0.2) is 4.79 Å². The van der Waals surface area contributed by atoms with Crippen molar-refractivity contribution in [2.24, 2.45) is 11.7 Å². The van der Waals surface area contributed by atoms with Crippen molar-refractivity contribution in [1.82, 2.24) is 15.8 Å². The summed E-state index contributed by atoms with van der Waals surface area (Å²) in [5, 5.41) is 0.372. The van der Waals surface area contributed by atoms with Gasteiger partial charge in [-0.1, -0.05) is 11.6 Å². The second kappa shape index (κ2) is 7.87. The summed E-state index contributed by atoms with van der Waals surface area (Å²) in [4.78, 5) is 37.0. The Bertz CT molecular complexity index is 652. The third kappa shape index (κ3) is 4.29. The van der Waals surface area contributed by atoms with Gasteiger partial charge in [-0.15, -0.1) is 0 Å². The molecule has 2 rings (SSSR count). The second-order valence-electron chi connectivity index (χ2n) is 5.41. The average molecular weight is 355 g/mol. The number of amides is 4. The maximum atomic E-state index is 12.2. The second-order valence-corrected chi connectivity index (χ2v) is 5.85. The maximum absolute atomic E-state index is 12.2. The Kier molecular flexibility index (Phi) is 5.86. The lowest BCUT2D eigenvalue weighted by molar-refractivity contribution is -0.127. The van der Waals surface area contributed by atoms with Gasteiger partial charge in [-0.2, -0.15) is 0 Å². The molecule has 0 radical (unpaired) electrons. The Morgan fingerprint density at radius 1 is 1.33 bits per heavy atom. The number of carbonyl (C=O) groups excluding carboxylic acids is 3. The van der Waals surface area contributed by atoms with Crippen LogP contribution in [-0.2, 0) is 4.79 Å². The number of urea groups is 1. The van der Waals surface area contributed by atoms with Crippen LogP contribution in [0.3, 0.4) is 0 Å². The fraction of sp³-hybridized carbons (Fsp3) is 0.400. The van der Waals surface area contributed by atoms with E-state index in [1.165, 1.54) is 18.1 Å². The van der Waals surface area contributed by atoms with E-state index in [0.717, 1.165) is 0 Å². The molecule has 9 heteroatoms. The van der Waals surface area contributed by atoms with E-state index in [-0.39, 0.29) is 18.0 Å². The average Bonchev–Trinajstić information content (AvgIpc) is 2.59. The molecule has 0 bridgehead atoms. The number of piperidine rings is 1. The third-order valence-corrected chi connectivity index (χ3v) is 4.04. The molecule has 24 heavy (non-hydrogen) atoms. The highest BCUT2D eigenvalue weighted by Gasteiger charge is 2.27. The number of ether oxygens (including phenoxy) is 1. The van der Waals surface area contributed by atoms with Gasteiger partial charge in [0.25, 0.3) is 5.91 Å². The van der Waals surface area contributed by atoms with Gasteiger partial charge in [0.15, 0.2) is 0 Å². The minimum Gasteiger partial charge on any atom is -0.496 e. The van der Waals surface area contributed by atoms with Crippen LogP contribution in [0.4, 0.5) is 4.79 Å². The van der Waals surface area contributed by atoms with Crippen molar-refractivity contribution in [3.8, 4) is 5.75 Å². The summed E-state index contributed by atoms with van der Waals surface area (Å²) < 4.78 is 5.09. The van der Waals surface area contributed by atoms with Gasteiger partial charge in [-0.05, 0) is 31.0 Å². The zero-order chi connectivity index (χ0) is 17.7.